The number of Topliss-reactive ketones (excluding diaryl/α,β-unsaturated/α-hetero) is 1. The molecule has 0 aliphatic heterocycles. The van der Waals surface area contributed by atoms with E-state index in [-0.39, 0.29) is 17.3 Å². The highest BCUT2D eigenvalue weighted by atomic mass is 35.5. The van der Waals surface area contributed by atoms with Gasteiger partial charge in [0.15, 0.2) is 5.78 Å². The average Bonchev–Trinajstić information content (AvgIpc) is 2.84. The maximum Gasteiger partial charge on any atom is 0.487 e. The van der Waals surface area contributed by atoms with E-state index in [1.54, 1.807) is 48.5 Å². The van der Waals surface area contributed by atoms with Gasteiger partial charge >= 0.3 is 11.1 Å². The monoisotopic (exact) mass is 550 g/mol. The van der Waals surface area contributed by atoms with Gasteiger partial charge in [0.1, 0.15) is 11.5 Å². The van der Waals surface area contributed by atoms with E-state index >= 15 is 0 Å². The molecule has 4 aromatic carbocycles. The number of benzene rings is 4. The van der Waals surface area contributed by atoms with Gasteiger partial charge in [0.2, 0.25) is 0 Å². The van der Waals surface area contributed by atoms with Gasteiger partial charge in [-0.1, -0.05) is 78.9 Å². The van der Waals surface area contributed by atoms with Crippen molar-refractivity contribution in [1.82, 2.24) is 0 Å². The summed E-state index contributed by atoms with van der Waals surface area (Å²) in [6, 6.07) is 29.0. The molecule has 0 saturated heterocycles. The van der Waals surface area contributed by atoms with Gasteiger partial charge in [-0.25, -0.2) is 0 Å². The Bertz CT molecular complexity index is 1290. The molecule has 0 spiro atoms. The Morgan fingerprint density at radius 3 is 1.22 bits per heavy atom. The average molecular weight is 551 g/mol. The predicted molar refractivity (Wildman–Crippen MR) is 137 cm³/mol. The second-order valence-corrected chi connectivity index (χ2v) is 8.52. The van der Waals surface area contributed by atoms with Gasteiger partial charge < -0.3 is 9.47 Å². The maximum atomic E-state index is 12.5. The van der Waals surface area contributed by atoms with Gasteiger partial charge in [0, 0.05) is 28.8 Å². The molecule has 37 heavy (non-hydrogen) atoms. The van der Waals surface area contributed by atoms with Crippen molar-refractivity contribution in [2.75, 3.05) is 0 Å². The smallest absolute Gasteiger partial charge is 0.420 e. The number of alkyl halides is 6. The summed E-state index contributed by atoms with van der Waals surface area (Å²) in [7, 11) is 0. The fourth-order valence-electron chi connectivity index (χ4n) is 3.23. The number of halogens is 6. The van der Waals surface area contributed by atoms with Crippen LogP contribution in [0.5, 0.6) is 11.5 Å². The van der Waals surface area contributed by atoms with Crippen LogP contribution in [-0.2, 0) is 0 Å². The number of carbonyl (C=O) groups excluding carboxylic acids is 1. The van der Waals surface area contributed by atoms with Crippen LogP contribution < -0.4 is 9.47 Å². The summed E-state index contributed by atoms with van der Waals surface area (Å²) < 4.78 is 58.1. The van der Waals surface area contributed by atoms with Crippen LogP contribution in [0.25, 0.3) is 22.3 Å². The Labute approximate surface area is 221 Å². The zero-order valence-corrected chi connectivity index (χ0v) is 20.8. The summed E-state index contributed by atoms with van der Waals surface area (Å²) in [5, 5.41) is 0. The Morgan fingerprint density at radius 1 is 0.568 bits per heavy atom. The Balaban J connectivity index is 0.000000208. The van der Waals surface area contributed by atoms with Gasteiger partial charge in [0.25, 0.3) is 0 Å². The molecule has 0 bridgehead atoms. The van der Waals surface area contributed by atoms with E-state index in [1.165, 1.54) is 31.2 Å². The van der Waals surface area contributed by atoms with E-state index in [9.17, 15) is 22.4 Å². The van der Waals surface area contributed by atoms with Crippen LogP contribution in [0, 0.1) is 0 Å². The first-order chi connectivity index (χ1) is 17.4. The molecule has 0 aromatic heterocycles. The largest absolute Gasteiger partial charge is 0.487 e. The van der Waals surface area contributed by atoms with E-state index < -0.39 is 11.1 Å². The van der Waals surface area contributed by atoms with Crippen LogP contribution in [0.2, 0.25) is 0 Å². The van der Waals surface area contributed by atoms with Gasteiger partial charge in [0.05, 0.1) is 0 Å². The van der Waals surface area contributed by atoms with E-state index in [1.807, 2.05) is 30.3 Å². The minimum Gasteiger partial charge on any atom is -0.420 e. The van der Waals surface area contributed by atoms with Crippen molar-refractivity contribution in [2.24, 2.45) is 0 Å². The molecule has 0 atom stereocenters. The summed E-state index contributed by atoms with van der Waals surface area (Å²) in [6.07, 6.45) is 0. The third kappa shape index (κ3) is 9.44. The summed E-state index contributed by atoms with van der Waals surface area (Å²) >= 11 is 9.35. The lowest BCUT2D eigenvalue weighted by molar-refractivity contribution is -0.0972. The second-order valence-electron chi connectivity index (χ2n) is 7.64. The number of ether oxygens (including phenoxy) is 2. The molecular weight excluding hydrogens is 531 g/mol. The van der Waals surface area contributed by atoms with Gasteiger partial charge in [-0.05, 0) is 53.4 Å². The fourth-order valence-corrected chi connectivity index (χ4v) is 3.40. The molecule has 0 aliphatic carbocycles. The zero-order valence-electron chi connectivity index (χ0n) is 19.3. The topological polar surface area (TPSA) is 35.5 Å². The van der Waals surface area contributed by atoms with Crippen molar-refractivity contribution < 1.29 is 31.8 Å². The minimum absolute atomic E-state index is 0.00959. The number of rotatable bonds is 7. The first kappa shape index (κ1) is 28.0. The molecule has 192 valence electrons. The lowest BCUT2D eigenvalue weighted by Gasteiger charge is -2.11. The normalized spacial score (nSPS) is 11.2. The number of carbonyl (C=O) groups is 1. The molecule has 0 aliphatic rings. The van der Waals surface area contributed by atoms with E-state index in [0.29, 0.717) is 5.56 Å². The molecule has 0 amide bonds. The molecule has 0 unspecified atom stereocenters. The molecule has 4 rings (SSSR count). The highest BCUT2D eigenvalue weighted by Gasteiger charge is 2.28. The van der Waals surface area contributed by atoms with Gasteiger partial charge in [-0.15, -0.1) is 17.6 Å². The number of hydrogen-bond donors (Lipinski definition) is 0. The summed E-state index contributed by atoms with van der Waals surface area (Å²) in [5.74, 6) is 0.00318. The second kappa shape index (κ2) is 12.1. The molecule has 0 heterocycles. The number of ketones is 1. The van der Waals surface area contributed by atoms with Crippen molar-refractivity contribution >= 4 is 29.0 Å². The van der Waals surface area contributed by atoms with Crippen molar-refractivity contribution in [3.05, 3.63) is 109 Å². The van der Waals surface area contributed by atoms with Crippen LogP contribution in [0.15, 0.2) is 103 Å². The molecule has 0 fully saturated rings. The first-order valence-electron chi connectivity index (χ1n) is 10.8. The van der Waals surface area contributed by atoms with Gasteiger partial charge in [-0.2, -0.15) is 0 Å². The van der Waals surface area contributed by atoms with E-state index in [2.05, 4.69) is 32.7 Å². The molecule has 3 nitrogen and oxygen atoms in total. The first-order valence-corrected chi connectivity index (χ1v) is 11.5. The summed E-state index contributed by atoms with van der Waals surface area (Å²) in [5.41, 5.74) is -3.13. The third-order valence-electron chi connectivity index (χ3n) is 4.91. The highest BCUT2D eigenvalue weighted by molar-refractivity contribution is 6.21. The molecule has 4 aromatic rings. The standard InChI is InChI=1S/C15H11ClF2O2.C13H9ClF2O/c1-10(19)11-2-4-12(5-3-11)13-6-8-14(9-7-13)20-15(16,17)18;14-13(15,16)17-12-8-6-11(7-9-12)10-4-2-1-3-5-10/h2-9H,1H3;1-9H. The predicted octanol–water partition coefficient (Wildman–Crippen LogP) is 9.25. The van der Waals surface area contributed by atoms with Crippen LogP contribution in [0.4, 0.5) is 17.6 Å². The molecule has 0 saturated carbocycles. The van der Waals surface area contributed by atoms with Crippen molar-refractivity contribution in [2.45, 2.75) is 18.1 Å². The fraction of sp³-hybridized carbons (Fsp3) is 0.107. The number of hydrogen-bond acceptors (Lipinski definition) is 3. The van der Waals surface area contributed by atoms with Crippen molar-refractivity contribution in [3.8, 4) is 33.8 Å². The lowest BCUT2D eigenvalue weighted by Crippen LogP contribution is -2.15. The van der Waals surface area contributed by atoms with Crippen LogP contribution in [-0.4, -0.2) is 16.9 Å². The van der Waals surface area contributed by atoms with Crippen LogP contribution >= 0.6 is 23.2 Å². The lowest BCUT2D eigenvalue weighted by atomic mass is 10.0. The summed E-state index contributed by atoms with van der Waals surface area (Å²) in [6.45, 7) is 1.49. The Hall–Kier alpha value is -3.55. The minimum atomic E-state index is -3.72. The SMILES string of the molecule is CC(=O)c1ccc(-c2ccc(OC(F)(F)Cl)cc2)cc1.FC(F)(Cl)Oc1ccc(-c2ccccc2)cc1. The van der Waals surface area contributed by atoms with E-state index in [4.69, 9.17) is 0 Å². The molecule has 9 heteroatoms. The summed E-state index contributed by atoms with van der Waals surface area (Å²) in [4.78, 5) is 11.2. The van der Waals surface area contributed by atoms with Crippen LogP contribution in [0.3, 0.4) is 0 Å². The Morgan fingerprint density at radius 2 is 0.892 bits per heavy atom. The van der Waals surface area contributed by atoms with Crippen LogP contribution in [0.1, 0.15) is 17.3 Å². The Kier molecular flexibility index (Phi) is 9.18. The van der Waals surface area contributed by atoms with Crippen molar-refractivity contribution in [3.63, 3.8) is 0 Å². The molecular formula is C28H20Cl2F4O3. The molecule has 0 N–H and O–H groups in total. The quantitative estimate of drug-likeness (QED) is 0.131. The zero-order chi connectivity index (χ0) is 27.1. The maximum absolute atomic E-state index is 12.5. The van der Waals surface area contributed by atoms with E-state index in [0.717, 1.165) is 22.3 Å². The highest BCUT2D eigenvalue weighted by Crippen LogP contribution is 2.29. The third-order valence-corrected chi connectivity index (χ3v) is 5.06. The van der Waals surface area contributed by atoms with Gasteiger partial charge in [-0.3, -0.25) is 4.79 Å². The van der Waals surface area contributed by atoms with Crippen molar-refractivity contribution in [1.29, 1.82) is 0 Å². The molecule has 0 radical (unpaired) electrons.